The summed E-state index contributed by atoms with van der Waals surface area (Å²) in [5, 5.41) is 4.92. The van der Waals surface area contributed by atoms with Gasteiger partial charge in [0.05, 0.1) is 0 Å². The molecule has 0 atom stereocenters. The van der Waals surface area contributed by atoms with Crippen molar-refractivity contribution in [1.29, 1.82) is 0 Å². The van der Waals surface area contributed by atoms with Gasteiger partial charge in [-0.1, -0.05) is 18.2 Å². The number of rotatable bonds is 7. The molecule has 0 unspecified atom stereocenters. The summed E-state index contributed by atoms with van der Waals surface area (Å²) in [4.78, 5) is 0. The summed E-state index contributed by atoms with van der Waals surface area (Å²) in [5.74, 6) is 0. The van der Waals surface area contributed by atoms with Crippen LogP contribution in [0.1, 0.15) is 31.2 Å². The Morgan fingerprint density at radius 2 is 2.21 bits per heavy atom. The Morgan fingerprint density at radius 3 is 3.00 bits per heavy atom. The average molecular weight is 254 g/mol. The molecule has 1 fully saturated rings. The van der Waals surface area contributed by atoms with Gasteiger partial charge < -0.3 is 9.88 Å². The predicted molar refractivity (Wildman–Crippen MR) is 81.2 cm³/mol. The first-order valence-corrected chi connectivity index (χ1v) is 7.29. The largest absolute Gasteiger partial charge is 0.347 e. The van der Waals surface area contributed by atoms with Gasteiger partial charge in [-0.25, -0.2) is 0 Å². The lowest BCUT2D eigenvalue weighted by Crippen LogP contribution is -2.15. The van der Waals surface area contributed by atoms with E-state index in [2.05, 4.69) is 46.9 Å². The highest BCUT2D eigenvalue weighted by atomic mass is 15.0. The summed E-state index contributed by atoms with van der Waals surface area (Å²) in [6.07, 6.45) is 9.14. The zero-order chi connectivity index (χ0) is 13.1. The van der Waals surface area contributed by atoms with Gasteiger partial charge in [-0.15, -0.1) is 6.58 Å². The fourth-order valence-corrected chi connectivity index (χ4v) is 2.49. The molecule has 100 valence electrons. The smallest absolute Gasteiger partial charge is 0.0483 e. The summed E-state index contributed by atoms with van der Waals surface area (Å²) < 4.78 is 2.36. The van der Waals surface area contributed by atoms with Crippen molar-refractivity contribution in [3.05, 3.63) is 48.7 Å². The maximum Gasteiger partial charge on any atom is 0.0483 e. The molecule has 1 aliphatic carbocycles. The van der Waals surface area contributed by atoms with E-state index in [4.69, 9.17) is 0 Å². The predicted octanol–water partition coefficient (Wildman–Crippen LogP) is 3.86. The number of hydrogen-bond acceptors (Lipinski definition) is 1. The number of nitrogens with one attached hydrogen (secondary N) is 1. The van der Waals surface area contributed by atoms with Gasteiger partial charge in [0.2, 0.25) is 0 Å². The first-order chi connectivity index (χ1) is 9.36. The minimum Gasteiger partial charge on any atom is -0.347 e. The molecule has 2 aromatic rings. The van der Waals surface area contributed by atoms with E-state index in [-0.39, 0.29) is 0 Å². The Kier molecular flexibility index (Phi) is 3.69. The lowest BCUT2D eigenvalue weighted by Gasteiger charge is -2.07. The number of hydrogen-bond donors (Lipinski definition) is 1. The highest BCUT2D eigenvalue weighted by Gasteiger charge is 2.19. The Bertz CT molecular complexity index is 564. The fraction of sp³-hybridized carbons (Fsp3) is 0.412. The van der Waals surface area contributed by atoms with Crippen LogP contribution in [0.25, 0.3) is 10.9 Å². The van der Waals surface area contributed by atoms with E-state index < -0.39 is 0 Å². The number of unbranched alkanes of at least 4 members (excludes halogenated alkanes) is 1. The quantitative estimate of drug-likeness (QED) is 0.586. The van der Waals surface area contributed by atoms with Crippen molar-refractivity contribution in [3.8, 4) is 0 Å². The molecule has 1 N–H and O–H groups in total. The van der Waals surface area contributed by atoms with Crippen LogP contribution < -0.4 is 5.32 Å². The molecular weight excluding hydrogens is 232 g/mol. The third-order valence-corrected chi connectivity index (χ3v) is 3.82. The minimum absolute atomic E-state index is 0.773. The standard InChI is InChI=1S/C17H22N2/c1-2-3-4-10-19-11-9-15-6-5-14(12-17(15)19)13-18-16-7-8-16/h2,5-6,9,11-12,16,18H,1,3-4,7-8,10,13H2. The molecule has 1 aliphatic rings. The SMILES string of the molecule is C=CCCCn1ccc2ccc(CNC3CC3)cc21. The number of fused-ring (bicyclic) bond motifs is 1. The van der Waals surface area contributed by atoms with E-state index in [1.165, 1.54) is 29.3 Å². The van der Waals surface area contributed by atoms with Crippen LogP contribution in [-0.4, -0.2) is 10.6 Å². The van der Waals surface area contributed by atoms with Crippen molar-refractivity contribution >= 4 is 10.9 Å². The van der Waals surface area contributed by atoms with E-state index in [1.807, 2.05) is 6.08 Å². The molecule has 2 heteroatoms. The van der Waals surface area contributed by atoms with E-state index in [0.29, 0.717) is 0 Å². The van der Waals surface area contributed by atoms with Crippen molar-refractivity contribution in [3.63, 3.8) is 0 Å². The lowest BCUT2D eigenvalue weighted by atomic mass is 10.1. The third kappa shape index (κ3) is 3.07. The third-order valence-electron chi connectivity index (χ3n) is 3.82. The number of aromatic nitrogens is 1. The monoisotopic (exact) mass is 254 g/mol. The van der Waals surface area contributed by atoms with Crippen molar-refractivity contribution in [2.75, 3.05) is 0 Å². The molecule has 1 heterocycles. The van der Waals surface area contributed by atoms with Gasteiger partial charge in [0.15, 0.2) is 0 Å². The first-order valence-electron chi connectivity index (χ1n) is 7.29. The molecule has 0 saturated heterocycles. The molecule has 2 nitrogen and oxygen atoms in total. The van der Waals surface area contributed by atoms with Gasteiger partial charge in [0.25, 0.3) is 0 Å². The molecule has 3 rings (SSSR count). The normalized spacial score (nSPS) is 14.9. The molecule has 0 bridgehead atoms. The van der Waals surface area contributed by atoms with Crippen molar-refractivity contribution in [2.24, 2.45) is 0 Å². The minimum atomic E-state index is 0.773. The zero-order valence-electron chi connectivity index (χ0n) is 11.4. The molecule has 1 aromatic heterocycles. The van der Waals surface area contributed by atoms with Gasteiger partial charge in [0.1, 0.15) is 0 Å². The van der Waals surface area contributed by atoms with Crippen molar-refractivity contribution in [2.45, 2.75) is 44.8 Å². The Balaban J connectivity index is 1.74. The molecular formula is C17H22N2. The van der Waals surface area contributed by atoms with Crippen molar-refractivity contribution in [1.82, 2.24) is 9.88 Å². The van der Waals surface area contributed by atoms with Crippen LogP contribution in [0.15, 0.2) is 43.1 Å². The second-order valence-corrected chi connectivity index (χ2v) is 5.49. The van der Waals surface area contributed by atoms with Crippen LogP contribution in [0.2, 0.25) is 0 Å². The molecule has 0 aliphatic heterocycles. The molecule has 0 spiro atoms. The zero-order valence-corrected chi connectivity index (χ0v) is 11.4. The van der Waals surface area contributed by atoms with E-state index in [1.54, 1.807) is 0 Å². The van der Waals surface area contributed by atoms with Crippen LogP contribution in [0, 0.1) is 0 Å². The lowest BCUT2D eigenvalue weighted by molar-refractivity contribution is 0.668. The molecule has 1 saturated carbocycles. The van der Waals surface area contributed by atoms with Gasteiger partial charge >= 0.3 is 0 Å². The molecule has 19 heavy (non-hydrogen) atoms. The van der Waals surface area contributed by atoms with Crippen LogP contribution in [0.5, 0.6) is 0 Å². The first kappa shape index (κ1) is 12.5. The van der Waals surface area contributed by atoms with Crippen LogP contribution in [-0.2, 0) is 13.1 Å². The van der Waals surface area contributed by atoms with E-state index >= 15 is 0 Å². The molecule has 1 aromatic carbocycles. The summed E-state index contributed by atoms with van der Waals surface area (Å²) in [6.45, 7) is 5.86. The number of nitrogens with zero attached hydrogens (tertiary/aromatic N) is 1. The summed E-state index contributed by atoms with van der Waals surface area (Å²) in [6, 6.07) is 9.80. The second kappa shape index (κ2) is 5.62. The molecule has 0 radical (unpaired) electrons. The average Bonchev–Trinajstić information content (AvgIpc) is 3.18. The van der Waals surface area contributed by atoms with Crippen molar-refractivity contribution < 1.29 is 0 Å². The highest BCUT2D eigenvalue weighted by Crippen LogP contribution is 2.21. The Morgan fingerprint density at radius 1 is 1.32 bits per heavy atom. The van der Waals surface area contributed by atoms with E-state index in [0.717, 1.165) is 32.0 Å². The van der Waals surface area contributed by atoms with Crippen LogP contribution in [0.3, 0.4) is 0 Å². The number of benzene rings is 1. The van der Waals surface area contributed by atoms with Gasteiger partial charge in [0, 0.05) is 30.8 Å². The van der Waals surface area contributed by atoms with Gasteiger partial charge in [-0.05, 0) is 48.8 Å². The van der Waals surface area contributed by atoms with Crippen LogP contribution in [0.4, 0.5) is 0 Å². The summed E-state index contributed by atoms with van der Waals surface area (Å²) in [7, 11) is 0. The summed E-state index contributed by atoms with van der Waals surface area (Å²) >= 11 is 0. The van der Waals surface area contributed by atoms with E-state index in [9.17, 15) is 0 Å². The molecule has 0 amide bonds. The number of aryl methyl sites for hydroxylation is 1. The van der Waals surface area contributed by atoms with Crippen LogP contribution >= 0.6 is 0 Å². The Labute approximate surface area is 115 Å². The number of allylic oxidation sites excluding steroid dienone is 1. The Hall–Kier alpha value is -1.54. The maximum absolute atomic E-state index is 3.79. The van der Waals surface area contributed by atoms with Gasteiger partial charge in [-0.3, -0.25) is 0 Å². The highest BCUT2D eigenvalue weighted by molar-refractivity contribution is 5.80. The summed E-state index contributed by atoms with van der Waals surface area (Å²) in [5.41, 5.74) is 2.75. The maximum atomic E-state index is 3.79. The fourth-order valence-electron chi connectivity index (χ4n) is 2.49. The second-order valence-electron chi connectivity index (χ2n) is 5.49. The van der Waals surface area contributed by atoms with Gasteiger partial charge in [-0.2, -0.15) is 0 Å². The topological polar surface area (TPSA) is 17.0 Å².